The number of carbonyl (C=O) groups excluding carboxylic acids is 1. The summed E-state index contributed by atoms with van der Waals surface area (Å²) in [5.74, 6) is -0.989. The van der Waals surface area contributed by atoms with Crippen molar-refractivity contribution in [1.29, 1.82) is 5.26 Å². The molecule has 0 aliphatic carbocycles. The zero-order chi connectivity index (χ0) is 16.0. The highest BCUT2D eigenvalue weighted by molar-refractivity contribution is 6.33. The molecule has 5 nitrogen and oxygen atoms in total. The van der Waals surface area contributed by atoms with Gasteiger partial charge < -0.3 is 10.1 Å². The van der Waals surface area contributed by atoms with Crippen LogP contribution in [0.5, 0.6) is 0 Å². The first kappa shape index (κ1) is 16.8. The molecule has 0 saturated heterocycles. The van der Waals surface area contributed by atoms with Crippen molar-refractivity contribution >= 4 is 23.4 Å². The highest BCUT2D eigenvalue weighted by Crippen LogP contribution is 2.32. The molecule has 0 aliphatic heterocycles. The Labute approximate surface area is 123 Å². The van der Waals surface area contributed by atoms with E-state index in [0.29, 0.717) is 12.3 Å². The average Bonchev–Trinajstić information content (AvgIpc) is 2.40. The van der Waals surface area contributed by atoms with Crippen LogP contribution in [-0.2, 0) is 15.7 Å². The first-order chi connectivity index (χ1) is 9.79. The van der Waals surface area contributed by atoms with Crippen LogP contribution in [0, 0.1) is 11.3 Å². The van der Waals surface area contributed by atoms with Crippen molar-refractivity contribution in [2.75, 3.05) is 11.9 Å². The van der Waals surface area contributed by atoms with Crippen LogP contribution in [0.2, 0.25) is 5.02 Å². The topological polar surface area (TPSA) is 75.0 Å². The van der Waals surface area contributed by atoms with Gasteiger partial charge in [0, 0.05) is 12.4 Å². The lowest BCUT2D eigenvalue weighted by Crippen LogP contribution is -2.09. The largest absolute Gasteiger partial charge is 0.462 e. The van der Waals surface area contributed by atoms with Crippen molar-refractivity contribution < 1.29 is 22.7 Å². The smallest absolute Gasteiger partial charge is 0.417 e. The van der Waals surface area contributed by atoms with Gasteiger partial charge in [0.15, 0.2) is 5.57 Å². The Bertz CT molecular complexity index is 609. The normalized spacial score (nSPS) is 11.7. The maximum absolute atomic E-state index is 12.4. The van der Waals surface area contributed by atoms with E-state index in [1.807, 2.05) is 0 Å². The van der Waals surface area contributed by atoms with Gasteiger partial charge in [0.25, 0.3) is 0 Å². The Hall–Kier alpha value is -2.27. The number of carbonyl (C=O) groups is 1. The van der Waals surface area contributed by atoms with Gasteiger partial charge in [0.1, 0.15) is 11.9 Å². The van der Waals surface area contributed by atoms with Gasteiger partial charge in [-0.15, -0.1) is 0 Å². The van der Waals surface area contributed by atoms with Crippen molar-refractivity contribution in [2.24, 2.45) is 0 Å². The molecule has 21 heavy (non-hydrogen) atoms. The fourth-order valence-corrected chi connectivity index (χ4v) is 1.41. The molecule has 112 valence electrons. The van der Waals surface area contributed by atoms with Crippen molar-refractivity contribution in [2.45, 2.75) is 13.1 Å². The third kappa shape index (κ3) is 4.65. The minimum atomic E-state index is -4.56. The minimum absolute atomic E-state index is 0.0805. The number of nitrogens with zero attached hydrogens (tertiary/aromatic N) is 2. The minimum Gasteiger partial charge on any atom is -0.462 e. The quantitative estimate of drug-likeness (QED) is 0.524. The zero-order valence-electron chi connectivity index (χ0n) is 10.7. The number of nitriles is 1. The van der Waals surface area contributed by atoms with E-state index in [9.17, 15) is 18.0 Å². The van der Waals surface area contributed by atoms with Crippen molar-refractivity contribution in [3.63, 3.8) is 0 Å². The third-order valence-electron chi connectivity index (χ3n) is 2.14. The standard InChI is InChI=1S/C12H9ClF3N3O2/c1-2-21-11(20)7(4-17)5-18-10-9(13)3-8(6-19-10)12(14,15)16/h3,5-6H,2H2,1H3,(H,18,19)/b7-5+. The van der Waals surface area contributed by atoms with Gasteiger partial charge in [-0.2, -0.15) is 18.4 Å². The van der Waals surface area contributed by atoms with Gasteiger partial charge in [-0.3, -0.25) is 0 Å². The van der Waals surface area contributed by atoms with Gasteiger partial charge in [-0.05, 0) is 13.0 Å². The average molecular weight is 320 g/mol. The number of esters is 1. The van der Waals surface area contributed by atoms with Crippen molar-refractivity contribution in [1.82, 2.24) is 4.98 Å². The first-order valence-corrected chi connectivity index (χ1v) is 5.94. The molecule has 0 aliphatic rings. The summed E-state index contributed by atoms with van der Waals surface area (Å²) in [6.07, 6.45) is -3.02. The van der Waals surface area contributed by atoms with E-state index in [0.717, 1.165) is 6.20 Å². The summed E-state index contributed by atoms with van der Waals surface area (Å²) in [6.45, 7) is 1.64. The summed E-state index contributed by atoms with van der Waals surface area (Å²) in [5.41, 5.74) is -1.37. The van der Waals surface area contributed by atoms with Gasteiger partial charge in [0.05, 0.1) is 17.2 Å². The fraction of sp³-hybridized carbons (Fsp3) is 0.250. The highest BCUT2D eigenvalue weighted by Gasteiger charge is 2.31. The molecule has 0 unspecified atom stereocenters. The molecule has 0 atom stereocenters. The molecule has 0 saturated carbocycles. The van der Waals surface area contributed by atoms with Gasteiger partial charge in [0.2, 0.25) is 0 Å². The number of rotatable bonds is 4. The van der Waals surface area contributed by atoms with Crippen LogP contribution >= 0.6 is 11.6 Å². The molecule has 1 heterocycles. The maximum Gasteiger partial charge on any atom is 0.417 e. The molecule has 0 amide bonds. The Morgan fingerprint density at radius 3 is 2.76 bits per heavy atom. The molecule has 0 spiro atoms. The lowest BCUT2D eigenvalue weighted by molar-refractivity contribution is -0.138. The van der Waals surface area contributed by atoms with Crippen LogP contribution in [0.4, 0.5) is 19.0 Å². The second-order valence-electron chi connectivity index (χ2n) is 3.59. The Morgan fingerprint density at radius 1 is 1.62 bits per heavy atom. The van der Waals surface area contributed by atoms with Crippen molar-refractivity contribution in [3.8, 4) is 6.07 Å². The molecular formula is C12H9ClF3N3O2. The maximum atomic E-state index is 12.4. The lowest BCUT2D eigenvalue weighted by atomic mass is 10.2. The number of ether oxygens (including phenoxy) is 1. The van der Waals surface area contributed by atoms with E-state index >= 15 is 0 Å². The summed E-state index contributed by atoms with van der Waals surface area (Å²) >= 11 is 5.65. The number of hydrogen-bond donors (Lipinski definition) is 1. The summed E-state index contributed by atoms with van der Waals surface area (Å²) in [4.78, 5) is 14.8. The summed E-state index contributed by atoms with van der Waals surface area (Å²) in [6, 6.07) is 2.27. The van der Waals surface area contributed by atoms with Crippen LogP contribution in [0.1, 0.15) is 12.5 Å². The highest BCUT2D eigenvalue weighted by atomic mass is 35.5. The number of halogens is 4. The predicted molar refractivity (Wildman–Crippen MR) is 68.2 cm³/mol. The number of alkyl halides is 3. The summed E-state index contributed by atoms with van der Waals surface area (Å²) in [7, 11) is 0. The molecule has 1 rings (SSSR count). The van der Waals surface area contributed by atoms with Gasteiger partial charge >= 0.3 is 12.1 Å². The molecule has 1 aromatic rings. The Kier molecular flexibility index (Phi) is 5.55. The number of aromatic nitrogens is 1. The molecular weight excluding hydrogens is 311 g/mol. The molecule has 1 aromatic heterocycles. The second-order valence-corrected chi connectivity index (χ2v) is 3.99. The third-order valence-corrected chi connectivity index (χ3v) is 2.43. The van der Waals surface area contributed by atoms with Crippen LogP contribution in [0.15, 0.2) is 24.0 Å². The van der Waals surface area contributed by atoms with Gasteiger partial charge in [-0.1, -0.05) is 11.6 Å². The van der Waals surface area contributed by atoms with E-state index in [2.05, 4.69) is 15.0 Å². The number of hydrogen-bond acceptors (Lipinski definition) is 5. The Balaban J connectivity index is 2.94. The van der Waals surface area contributed by atoms with E-state index in [4.69, 9.17) is 16.9 Å². The summed E-state index contributed by atoms with van der Waals surface area (Å²) < 4.78 is 41.9. The van der Waals surface area contributed by atoms with E-state index < -0.39 is 17.7 Å². The SMILES string of the molecule is CCOC(=O)/C(C#N)=C/Nc1ncc(C(F)(F)F)cc1Cl. The van der Waals surface area contributed by atoms with Crippen LogP contribution in [-0.4, -0.2) is 17.6 Å². The van der Waals surface area contributed by atoms with E-state index in [1.165, 1.54) is 0 Å². The molecule has 0 fully saturated rings. The summed E-state index contributed by atoms with van der Waals surface area (Å²) in [5, 5.41) is 10.8. The monoisotopic (exact) mass is 319 g/mol. The van der Waals surface area contributed by atoms with E-state index in [1.54, 1.807) is 13.0 Å². The molecule has 9 heteroatoms. The second kappa shape index (κ2) is 6.95. The lowest BCUT2D eigenvalue weighted by Gasteiger charge is -2.09. The van der Waals surface area contributed by atoms with Gasteiger partial charge in [-0.25, -0.2) is 9.78 Å². The number of anilines is 1. The molecule has 0 bridgehead atoms. The number of nitrogens with one attached hydrogen (secondary N) is 1. The van der Waals surface area contributed by atoms with Crippen molar-refractivity contribution in [3.05, 3.63) is 34.6 Å². The molecule has 0 aromatic carbocycles. The van der Waals surface area contributed by atoms with Crippen LogP contribution in [0.3, 0.4) is 0 Å². The zero-order valence-corrected chi connectivity index (χ0v) is 11.4. The predicted octanol–water partition coefficient (Wildman–Crippen LogP) is 3.14. The Morgan fingerprint density at radius 2 is 2.29 bits per heavy atom. The molecule has 0 radical (unpaired) electrons. The van der Waals surface area contributed by atoms with Crippen LogP contribution < -0.4 is 5.32 Å². The fourth-order valence-electron chi connectivity index (χ4n) is 1.19. The number of pyridine rings is 1. The van der Waals surface area contributed by atoms with E-state index in [-0.39, 0.29) is 23.0 Å². The first-order valence-electron chi connectivity index (χ1n) is 5.56. The van der Waals surface area contributed by atoms with Crippen LogP contribution in [0.25, 0.3) is 0 Å². The molecule has 1 N–H and O–H groups in total.